The summed E-state index contributed by atoms with van der Waals surface area (Å²) in [5.74, 6) is 0.444. The Balaban J connectivity index is 2.20. The van der Waals surface area contributed by atoms with Gasteiger partial charge in [0.25, 0.3) is 5.91 Å². The molecule has 0 aliphatic rings. The van der Waals surface area contributed by atoms with Gasteiger partial charge in [-0.2, -0.15) is 0 Å². The fraction of sp³-hybridized carbons (Fsp3) is 0.200. The largest absolute Gasteiger partial charge is 0.361 e. The Morgan fingerprint density at radius 1 is 1.35 bits per heavy atom. The molecule has 1 N–H and O–H groups in total. The lowest BCUT2D eigenvalue weighted by Gasteiger charge is -2.02. The number of amides is 1. The number of nitrogens with zero attached hydrogens (tertiary/aromatic N) is 3. The molecule has 0 saturated carbocycles. The third-order valence-electron chi connectivity index (χ3n) is 2.13. The Morgan fingerprint density at radius 2 is 2.12 bits per heavy atom. The normalized spacial score (nSPS) is 10.3. The molecule has 0 unspecified atom stereocenters. The zero-order valence-electron chi connectivity index (χ0n) is 9.19. The minimum absolute atomic E-state index is 0.264. The van der Waals surface area contributed by atoms with Crippen LogP contribution in [0.5, 0.6) is 0 Å². The third-order valence-corrected chi connectivity index (χ3v) is 2.34. The maximum atomic E-state index is 11.9. The van der Waals surface area contributed by atoms with Crippen LogP contribution >= 0.6 is 11.6 Å². The molecule has 2 aromatic heterocycles. The SMILES string of the molecule is Cc1noc(C)c1C(=O)Nc1ccc(Cl)nn1. The van der Waals surface area contributed by atoms with Crippen molar-refractivity contribution in [3.63, 3.8) is 0 Å². The second-order valence-corrected chi connectivity index (χ2v) is 3.78. The van der Waals surface area contributed by atoms with Gasteiger partial charge in [0.15, 0.2) is 11.0 Å². The zero-order chi connectivity index (χ0) is 12.4. The van der Waals surface area contributed by atoms with Crippen LogP contribution in [0, 0.1) is 13.8 Å². The van der Waals surface area contributed by atoms with Crippen LogP contribution in [0.1, 0.15) is 21.8 Å². The fourth-order valence-corrected chi connectivity index (χ4v) is 1.47. The number of hydrogen-bond donors (Lipinski definition) is 1. The van der Waals surface area contributed by atoms with E-state index in [-0.39, 0.29) is 11.1 Å². The molecule has 88 valence electrons. The van der Waals surface area contributed by atoms with Crippen LogP contribution in [-0.4, -0.2) is 21.3 Å². The maximum absolute atomic E-state index is 11.9. The molecule has 7 heteroatoms. The highest BCUT2D eigenvalue weighted by atomic mass is 35.5. The van der Waals surface area contributed by atoms with Gasteiger partial charge in [-0.3, -0.25) is 4.79 Å². The molecule has 1 amide bonds. The van der Waals surface area contributed by atoms with E-state index in [1.54, 1.807) is 19.9 Å². The van der Waals surface area contributed by atoms with Crippen molar-refractivity contribution in [2.45, 2.75) is 13.8 Å². The fourth-order valence-electron chi connectivity index (χ4n) is 1.37. The molecule has 0 fully saturated rings. The topological polar surface area (TPSA) is 80.9 Å². The smallest absolute Gasteiger partial charge is 0.262 e. The van der Waals surface area contributed by atoms with Crippen LogP contribution in [0.4, 0.5) is 5.82 Å². The Hall–Kier alpha value is -1.95. The van der Waals surface area contributed by atoms with Gasteiger partial charge in [-0.05, 0) is 26.0 Å². The molecular formula is C10H9ClN4O2. The summed E-state index contributed by atoms with van der Waals surface area (Å²) in [7, 11) is 0. The Bertz CT molecular complexity index is 530. The first kappa shape index (κ1) is 11.5. The predicted octanol–water partition coefficient (Wildman–Crippen LogP) is 1.99. The second kappa shape index (κ2) is 4.50. The molecule has 0 spiro atoms. The quantitative estimate of drug-likeness (QED) is 0.884. The minimum Gasteiger partial charge on any atom is -0.361 e. The number of carbonyl (C=O) groups is 1. The molecule has 0 aliphatic heterocycles. The van der Waals surface area contributed by atoms with Crippen LogP contribution in [0.2, 0.25) is 5.15 Å². The Kier molecular flexibility index (Phi) is 3.06. The lowest BCUT2D eigenvalue weighted by Crippen LogP contribution is -2.14. The van der Waals surface area contributed by atoms with E-state index in [0.717, 1.165) is 0 Å². The average Bonchev–Trinajstić information content (AvgIpc) is 2.62. The zero-order valence-corrected chi connectivity index (χ0v) is 9.95. The van der Waals surface area contributed by atoms with Gasteiger partial charge in [0.1, 0.15) is 11.3 Å². The number of nitrogens with one attached hydrogen (secondary N) is 1. The maximum Gasteiger partial charge on any atom is 0.262 e. The van der Waals surface area contributed by atoms with E-state index < -0.39 is 0 Å². The molecule has 2 rings (SSSR count). The van der Waals surface area contributed by atoms with Crippen molar-refractivity contribution >= 4 is 23.3 Å². The van der Waals surface area contributed by atoms with Gasteiger partial charge in [0.05, 0.1) is 5.69 Å². The van der Waals surface area contributed by atoms with Crippen molar-refractivity contribution in [2.24, 2.45) is 0 Å². The number of halogens is 1. The molecule has 0 radical (unpaired) electrons. The number of anilines is 1. The van der Waals surface area contributed by atoms with Gasteiger partial charge >= 0.3 is 0 Å². The lowest BCUT2D eigenvalue weighted by atomic mass is 10.2. The standard InChI is InChI=1S/C10H9ClN4O2/c1-5-9(6(2)17-15-5)10(16)12-8-4-3-7(11)13-14-8/h3-4H,1-2H3,(H,12,14,16). The van der Waals surface area contributed by atoms with E-state index in [0.29, 0.717) is 22.8 Å². The molecule has 0 atom stereocenters. The van der Waals surface area contributed by atoms with Crippen molar-refractivity contribution in [1.29, 1.82) is 0 Å². The summed E-state index contributed by atoms with van der Waals surface area (Å²) in [6.45, 7) is 3.36. The summed E-state index contributed by atoms with van der Waals surface area (Å²) in [4.78, 5) is 11.9. The summed E-state index contributed by atoms with van der Waals surface area (Å²) in [5.41, 5.74) is 0.934. The molecule has 2 aromatic rings. The van der Waals surface area contributed by atoms with E-state index >= 15 is 0 Å². The molecule has 2 heterocycles. The molecule has 17 heavy (non-hydrogen) atoms. The van der Waals surface area contributed by atoms with Gasteiger partial charge in [-0.15, -0.1) is 10.2 Å². The highest BCUT2D eigenvalue weighted by Gasteiger charge is 2.17. The highest BCUT2D eigenvalue weighted by Crippen LogP contribution is 2.14. The van der Waals surface area contributed by atoms with Crippen molar-refractivity contribution in [3.8, 4) is 0 Å². The number of rotatable bonds is 2. The van der Waals surface area contributed by atoms with Gasteiger partial charge in [-0.25, -0.2) is 0 Å². The molecule has 0 saturated heterocycles. The predicted molar refractivity (Wildman–Crippen MR) is 61.0 cm³/mol. The minimum atomic E-state index is -0.335. The van der Waals surface area contributed by atoms with Crippen molar-refractivity contribution in [2.75, 3.05) is 5.32 Å². The van der Waals surface area contributed by atoms with E-state index in [1.165, 1.54) is 6.07 Å². The second-order valence-electron chi connectivity index (χ2n) is 3.39. The van der Waals surface area contributed by atoms with Crippen molar-refractivity contribution in [3.05, 3.63) is 34.3 Å². The number of carbonyl (C=O) groups excluding carboxylic acids is 1. The van der Waals surface area contributed by atoms with Crippen LogP contribution in [0.3, 0.4) is 0 Å². The van der Waals surface area contributed by atoms with E-state index in [1.807, 2.05) is 0 Å². The van der Waals surface area contributed by atoms with E-state index in [2.05, 4.69) is 20.7 Å². The first-order chi connectivity index (χ1) is 8.08. The van der Waals surface area contributed by atoms with E-state index in [9.17, 15) is 4.79 Å². The molecule has 6 nitrogen and oxygen atoms in total. The summed E-state index contributed by atoms with van der Waals surface area (Å²) in [6, 6.07) is 3.10. The average molecular weight is 253 g/mol. The van der Waals surface area contributed by atoms with Crippen molar-refractivity contribution < 1.29 is 9.32 Å². The first-order valence-corrected chi connectivity index (χ1v) is 5.19. The molecule has 0 aromatic carbocycles. The van der Waals surface area contributed by atoms with Crippen LogP contribution in [0.15, 0.2) is 16.7 Å². The first-order valence-electron chi connectivity index (χ1n) is 4.81. The van der Waals surface area contributed by atoms with Gasteiger partial charge in [0, 0.05) is 0 Å². The van der Waals surface area contributed by atoms with Crippen LogP contribution in [0.25, 0.3) is 0 Å². The third kappa shape index (κ3) is 2.42. The monoisotopic (exact) mass is 252 g/mol. The molecule has 0 bridgehead atoms. The summed E-state index contributed by atoms with van der Waals surface area (Å²) in [6.07, 6.45) is 0. The number of aryl methyl sites for hydroxylation is 2. The van der Waals surface area contributed by atoms with Gasteiger partial charge in [0.2, 0.25) is 0 Å². The number of hydrogen-bond acceptors (Lipinski definition) is 5. The summed E-state index contributed by atoms with van der Waals surface area (Å²) < 4.78 is 4.91. The van der Waals surface area contributed by atoms with Crippen LogP contribution in [-0.2, 0) is 0 Å². The van der Waals surface area contributed by atoms with Crippen LogP contribution < -0.4 is 5.32 Å². The van der Waals surface area contributed by atoms with Gasteiger partial charge in [-0.1, -0.05) is 16.8 Å². The Morgan fingerprint density at radius 3 is 2.65 bits per heavy atom. The van der Waals surface area contributed by atoms with Crippen molar-refractivity contribution in [1.82, 2.24) is 15.4 Å². The number of aromatic nitrogens is 3. The molecule has 0 aliphatic carbocycles. The van der Waals surface area contributed by atoms with E-state index in [4.69, 9.17) is 16.1 Å². The highest BCUT2D eigenvalue weighted by molar-refractivity contribution is 6.29. The summed E-state index contributed by atoms with van der Waals surface area (Å²) in [5, 5.41) is 13.9. The summed E-state index contributed by atoms with van der Waals surface area (Å²) >= 11 is 5.59. The van der Waals surface area contributed by atoms with Gasteiger partial charge < -0.3 is 9.84 Å². The lowest BCUT2D eigenvalue weighted by molar-refractivity contribution is 0.102. The molecular weight excluding hydrogens is 244 g/mol. The Labute approximate surface area is 102 Å².